The highest BCUT2D eigenvalue weighted by atomic mass is 79.9. The van der Waals surface area contributed by atoms with E-state index in [1.807, 2.05) is 0 Å². The molecule has 0 spiro atoms. The summed E-state index contributed by atoms with van der Waals surface area (Å²) in [6.07, 6.45) is 3.22. The lowest BCUT2D eigenvalue weighted by Crippen LogP contribution is -2.37. The molecule has 0 heterocycles. The molecule has 0 amide bonds. The summed E-state index contributed by atoms with van der Waals surface area (Å²) in [4.78, 5) is 11.4. The van der Waals surface area contributed by atoms with Gasteiger partial charge in [0.25, 0.3) is 0 Å². The lowest BCUT2D eigenvalue weighted by molar-refractivity contribution is -0.144. The number of carboxylic acid groups (broad SMARTS) is 1. The second kappa shape index (κ2) is 6.89. The SMILES string of the molecule is O=C(O)C1CCCCC1CNS(=O)(=O)c1cccc(Br)c1. The number of hydrogen-bond acceptors (Lipinski definition) is 3. The van der Waals surface area contributed by atoms with Crippen LogP contribution in [0.15, 0.2) is 33.6 Å². The predicted octanol–water partition coefficient (Wildman–Crippen LogP) is 2.62. The summed E-state index contributed by atoms with van der Waals surface area (Å²) >= 11 is 3.24. The Labute approximate surface area is 132 Å². The quantitative estimate of drug-likeness (QED) is 0.828. The number of rotatable bonds is 5. The van der Waals surface area contributed by atoms with Crippen LogP contribution in [0.1, 0.15) is 25.7 Å². The van der Waals surface area contributed by atoms with Crippen LogP contribution in [0, 0.1) is 11.8 Å². The number of sulfonamides is 1. The van der Waals surface area contributed by atoms with Crippen molar-refractivity contribution in [2.75, 3.05) is 6.54 Å². The Hall–Kier alpha value is -0.920. The zero-order valence-electron chi connectivity index (χ0n) is 11.5. The molecule has 5 nitrogen and oxygen atoms in total. The molecule has 0 radical (unpaired) electrons. The minimum atomic E-state index is -3.60. The highest BCUT2D eigenvalue weighted by molar-refractivity contribution is 9.10. The molecule has 2 rings (SSSR count). The minimum Gasteiger partial charge on any atom is -0.481 e. The predicted molar refractivity (Wildman–Crippen MR) is 82.4 cm³/mol. The van der Waals surface area contributed by atoms with Crippen LogP contribution in [0.25, 0.3) is 0 Å². The minimum absolute atomic E-state index is 0.141. The van der Waals surface area contributed by atoms with Gasteiger partial charge >= 0.3 is 5.97 Å². The number of halogens is 1. The fourth-order valence-electron chi connectivity index (χ4n) is 2.71. The monoisotopic (exact) mass is 375 g/mol. The lowest BCUT2D eigenvalue weighted by atomic mass is 9.79. The number of carboxylic acids is 1. The Morgan fingerprint density at radius 1 is 1.33 bits per heavy atom. The maximum absolute atomic E-state index is 12.2. The van der Waals surface area contributed by atoms with E-state index < -0.39 is 21.9 Å². The third-order valence-electron chi connectivity index (χ3n) is 3.87. The van der Waals surface area contributed by atoms with Gasteiger partial charge in [-0.3, -0.25) is 4.79 Å². The summed E-state index contributed by atoms with van der Waals surface area (Å²) in [5.41, 5.74) is 0. The molecule has 0 aromatic heterocycles. The first kappa shape index (κ1) is 16.5. The molecule has 2 N–H and O–H groups in total. The van der Waals surface area contributed by atoms with Gasteiger partial charge in [0, 0.05) is 11.0 Å². The Balaban J connectivity index is 2.05. The normalized spacial score (nSPS) is 22.9. The molecular formula is C14H18BrNO4S. The average Bonchev–Trinajstić information content (AvgIpc) is 2.45. The topological polar surface area (TPSA) is 83.5 Å². The van der Waals surface area contributed by atoms with Gasteiger partial charge < -0.3 is 5.11 Å². The highest BCUT2D eigenvalue weighted by Crippen LogP contribution is 2.30. The highest BCUT2D eigenvalue weighted by Gasteiger charge is 2.31. The van der Waals surface area contributed by atoms with Gasteiger partial charge in [-0.2, -0.15) is 0 Å². The molecule has 1 fully saturated rings. The van der Waals surface area contributed by atoms with Crippen molar-refractivity contribution >= 4 is 31.9 Å². The van der Waals surface area contributed by atoms with Crippen LogP contribution in [-0.2, 0) is 14.8 Å². The van der Waals surface area contributed by atoms with Gasteiger partial charge in [-0.25, -0.2) is 13.1 Å². The number of hydrogen-bond donors (Lipinski definition) is 2. The number of aliphatic carboxylic acids is 1. The van der Waals surface area contributed by atoms with Crippen LogP contribution in [0.3, 0.4) is 0 Å². The third kappa shape index (κ3) is 4.28. The lowest BCUT2D eigenvalue weighted by Gasteiger charge is -2.28. The van der Waals surface area contributed by atoms with Crippen molar-refractivity contribution in [1.82, 2.24) is 4.72 Å². The first-order chi connectivity index (χ1) is 9.90. The summed E-state index contributed by atoms with van der Waals surface area (Å²) in [6, 6.07) is 6.44. The molecule has 2 atom stereocenters. The van der Waals surface area contributed by atoms with Gasteiger partial charge in [0.05, 0.1) is 10.8 Å². The van der Waals surface area contributed by atoms with Crippen LogP contribution < -0.4 is 4.72 Å². The second-order valence-electron chi connectivity index (χ2n) is 5.30. The van der Waals surface area contributed by atoms with E-state index in [0.29, 0.717) is 10.9 Å². The summed E-state index contributed by atoms with van der Waals surface area (Å²) in [5, 5.41) is 9.21. The van der Waals surface area contributed by atoms with E-state index in [4.69, 9.17) is 0 Å². The zero-order chi connectivity index (χ0) is 15.5. The maximum Gasteiger partial charge on any atom is 0.306 e. The van der Waals surface area contributed by atoms with Gasteiger partial charge in [0.1, 0.15) is 0 Å². The zero-order valence-corrected chi connectivity index (χ0v) is 13.9. The van der Waals surface area contributed by atoms with E-state index >= 15 is 0 Å². The average molecular weight is 376 g/mol. The molecular weight excluding hydrogens is 358 g/mol. The van der Waals surface area contributed by atoms with Crippen molar-refractivity contribution in [3.05, 3.63) is 28.7 Å². The van der Waals surface area contributed by atoms with E-state index in [2.05, 4.69) is 20.7 Å². The van der Waals surface area contributed by atoms with Crippen LogP contribution in [0.4, 0.5) is 0 Å². The molecule has 1 aliphatic carbocycles. The largest absolute Gasteiger partial charge is 0.481 e. The summed E-state index contributed by atoms with van der Waals surface area (Å²) < 4.78 is 27.7. The van der Waals surface area contributed by atoms with E-state index in [1.165, 1.54) is 12.1 Å². The first-order valence-electron chi connectivity index (χ1n) is 6.88. The number of benzene rings is 1. The smallest absolute Gasteiger partial charge is 0.306 e. The van der Waals surface area contributed by atoms with Crippen molar-refractivity contribution in [2.24, 2.45) is 11.8 Å². The molecule has 21 heavy (non-hydrogen) atoms. The van der Waals surface area contributed by atoms with E-state index in [9.17, 15) is 18.3 Å². The molecule has 1 aromatic carbocycles. The molecule has 7 heteroatoms. The van der Waals surface area contributed by atoms with Crippen molar-refractivity contribution < 1.29 is 18.3 Å². The van der Waals surface area contributed by atoms with Gasteiger partial charge in [0.2, 0.25) is 10.0 Å². The molecule has 116 valence electrons. The van der Waals surface area contributed by atoms with Gasteiger partial charge in [-0.05, 0) is 37.0 Å². The van der Waals surface area contributed by atoms with Crippen LogP contribution in [0.2, 0.25) is 0 Å². The fraction of sp³-hybridized carbons (Fsp3) is 0.500. The molecule has 0 saturated heterocycles. The van der Waals surface area contributed by atoms with E-state index in [0.717, 1.165) is 19.3 Å². The maximum atomic E-state index is 12.2. The van der Waals surface area contributed by atoms with Crippen molar-refractivity contribution in [3.63, 3.8) is 0 Å². The Kier molecular flexibility index (Phi) is 5.40. The summed E-state index contributed by atoms with van der Waals surface area (Å²) in [6.45, 7) is 0.172. The Morgan fingerprint density at radius 2 is 2.05 bits per heavy atom. The summed E-state index contributed by atoms with van der Waals surface area (Å²) in [7, 11) is -3.60. The van der Waals surface area contributed by atoms with Crippen molar-refractivity contribution in [2.45, 2.75) is 30.6 Å². The van der Waals surface area contributed by atoms with Gasteiger partial charge in [-0.15, -0.1) is 0 Å². The van der Waals surface area contributed by atoms with Gasteiger partial charge in [0.15, 0.2) is 0 Å². The molecule has 0 bridgehead atoms. The van der Waals surface area contributed by atoms with Crippen molar-refractivity contribution in [1.29, 1.82) is 0 Å². The number of carbonyl (C=O) groups is 1. The Morgan fingerprint density at radius 3 is 2.71 bits per heavy atom. The van der Waals surface area contributed by atoms with Crippen molar-refractivity contribution in [3.8, 4) is 0 Å². The van der Waals surface area contributed by atoms with Crippen LogP contribution in [0.5, 0.6) is 0 Å². The van der Waals surface area contributed by atoms with E-state index in [1.54, 1.807) is 12.1 Å². The standard InChI is InChI=1S/C14H18BrNO4S/c15-11-5-3-6-12(8-11)21(19,20)16-9-10-4-1-2-7-13(10)14(17)18/h3,5-6,8,10,13,16H,1-2,4,7,9H2,(H,17,18). The fourth-order valence-corrected chi connectivity index (χ4v) is 4.40. The van der Waals surface area contributed by atoms with Gasteiger partial charge in [-0.1, -0.05) is 34.8 Å². The number of nitrogens with one attached hydrogen (secondary N) is 1. The second-order valence-corrected chi connectivity index (χ2v) is 7.98. The molecule has 1 aliphatic rings. The first-order valence-corrected chi connectivity index (χ1v) is 9.16. The summed E-state index contributed by atoms with van der Waals surface area (Å²) in [5.74, 6) is -1.43. The van der Waals surface area contributed by atoms with Crippen LogP contribution >= 0.6 is 15.9 Å². The van der Waals surface area contributed by atoms with Crippen LogP contribution in [-0.4, -0.2) is 26.0 Å². The molecule has 1 aromatic rings. The van der Waals surface area contributed by atoms with E-state index in [-0.39, 0.29) is 17.4 Å². The molecule has 2 unspecified atom stereocenters. The molecule has 0 aliphatic heterocycles. The molecule has 1 saturated carbocycles. The Bertz CT molecular complexity index is 617. The third-order valence-corrected chi connectivity index (χ3v) is 5.78.